The van der Waals surface area contributed by atoms with Gasteiger partial charge in [0, 0.05) is 0 Å². The van der Waals surface area contributed by atoms with Crippen LogP contribution >= 0.6 is 15.9 Å². The fourth-order valence-electron chi connectivity index (χ4n) is 1.43. The summed E-state index contributed by atoms with van der Waals surface area (Å²) in [6, 6.07) is 4.90. The van der Waals surface area contributed by atoms with Crippen molar-refractivity contribution in [2.75, 3.05) is 6.54 Å². The molecule has 0 radical (unpaired) electrons. The van der Waals surface area contributed by atoms with Crippen LogP contribution in [0.25, 0.3) is 0 Å². The summed E-state index contributed by atoms with van der Waals surface area (Å²) in [4.78, 5) is 4.00. The van der Waals surface area contributed by atoms with Crippen LogP contribution in [0.4, 0.5) is 4.39 Å². The fraction of sp³-hybridized carbons (Fsp3) is 0.222. The monoisotopic (exact) mass is 257 g/mol. The van der Waals surface area contributed by atoms with E-state index in [1.807, 2.05) is 6.07 Å². The Morgan fingerprint density at radius 3 is 3.00 bits per heavy atom. The molecule has 0 saturated carbocycles. The van der Waals surface area contributed by atoms with Gasteiger partial charge in [-0.3, -0.25) is 4.99 Å². The Kier molecular flexibility index (Phi) is 2.41. The second-order valence-electron chi connectivity index (χ2n) is 3.07. The van der Waals surface area contributed by atoms with Gasteiger partial charge in [-0.15, -0.1) is 0 Å². The molecule has 3 nitrogen and oxygen atoms in total. The first kappa shape index (κ1) is 9.45. The van der Waals surface area contributed by atoms with Crippen molar-refractivity contribution in [3.05, 3.63) is 34.1 Å². The Balaban J connectivity index is 2.30. The van der Waals surface area contributed by atoms with Crippen LogP contribution in [-0.2, 0) is 0 Å². The number of nitrogens with zero attached hydrogens (tertiary/aromatic N) is 1. The van der Waals surface area contributed by atoms with E-state index in [0.29, 0.717) is 17.0 Å². The van der Waals surface area contributed by atoms with Crippen molar-refractivity contribution < 1.29 is 4.39 Å². The Labute approximate surface area is 89.3 Å². The van der Waals surface area contributed by atoms with Crippen LogP contribution in [0.2, 0.25) is 0 Å². The molecule has 3 N–H and O–H groups in total. The van der Waals surface area contributed by atoms with Gasteiger partial charge >= 0.3 is 0 Å². The van der Waals surface area contributed by atoms with Gasteiger partial charge in [-0.2, -0.15) is 0 Å². The van der Waals surface area contributed by atoms with E-state index in [4.69, 9.17) is 5.73 Å². The van der Waals surface area contributed by atoms with Gasteiger partial charge in [0.15, 0.2) is 5.96 Å². The van der Waals surface area contributed by atoms with Gasteiger partial charge in [0.05, 0.1) is 17.1 Å². The maximum absolute atomic E-state index is 13.2. The summed E-state index contributed by atoms with van der Waals surface area (Å²) < 4.78 is 13.7. The second kappa shape index (κ2) is 3.57. The second-order valence-corrected chi connectivity index (χ2v) is 3.86. The smallest absolute Gasteiger partial charge is 0.189 e. The molecule has 1 aliphatic rings. The van der Waals surface area contributed by atoms with Crippen molar-refractivity contribution in [3.8, 4) is 0 Å². The number of halogens is 2. The third kappa shape index (κ3) is 1.59. The molecule has 0 aromatic heterocycles. The lowest BCUT2D eigenvalue weighted by molar-refractivity contribution is 0.609. The Morgan fingerprint density at radius 2 is 2.36 bits per heavy atom. The number of hydrogen-bond acceptors (Lipinski definition) is 3. The minimum absolute atomic E-state index is 0.0277. The molecular weight excluding hydrogens is 249 g/mol. The average molecular weight is 258 g/mol. The maximum Gasteiger partial charge on any atom is 0.189 e. The highest BCUT2D eigenvalue weighted by atomic mass is 79.9. The third-order valence-electron chi connectivity index (χ3n) is 2.12. The Hall–Kier alpha value is -1.10. The summed E-state index contributed by atoms with van der Waals surface area (Å²) in [5.74, 6) is 0.140. The summed E-state index contributed by atoms with van der Waals surface area (Å²) >= 11 is 3.20. The van der Waals surface area contributed by atoms with Gasteiger partial charge in [-0.05, 0) is 27.6 Å². The van der Waals surface area contributed by atoms with Crippen molar-refractivity contribution >= 4 is 21.9 Å². The number of nitrogens with one attached hydrogen (secondary N) is 1. The van der Waals surface area contributed by atoms with Crippen LogP contribution in [0.3, 0.4) is 0 Å². The van der Waals surface area contributed by atoms with E-state index in [9.17, 15) is 4.39 Å². The van der Waals surface area contributed by atoms with Gasteiger partial charge in [0.2, 0.25) is 0 Å². The average Bonchev–Trinajstić information content (AvgIpc) is 2.57. The topological polar surface area (TPSA) is 50.4 Å². The highest BCUT2D eigenvalue weighted by molar-refractivity contribution is 9.10. The van der Waals surface area contributed by atoms with Crippen LogP contribution in [0, 0.1) is 5.82 Å². The van der Waals surface area contributed by atoms with Crippen LogP contribution in [-0.4, -0.2) is 12.5 Å². The number of benzene rings is 1. The van der Waals surface area contributed by atoms with Crippen LogP contribution < -0.4 is 11.1 Å². The molecule has 0 bridgehead atoms. The molecule has 1 aromatic carbocycles. The predicted octanol–water partition coefficient (Wildman–Crippen LogP) is 1.55. The quantitative estimate of drug-likeness (QED) is 0.802. The van der Waals surface area contributed by atoms with Crippen LogP contribution in [0.1, 0.15) is 11.6 Å². The predicted molar refractivity (Wildman–Crippen MR) is 56.5 cm³/mol. The Morgan fingerprint density at radius 1 is 1.57 bits per heavy atom. The first-order valence-corrected chi connectivity index (χ1v) is 4.98. The molecule has 2 rings (SSSR count). The Bertz CT molecular complexity index is 392. The van der Waals surface area contributed by atoms with Gasteiger partial charge in [-0.1, -0.05) is 12.1 Å². The van der Waals surface area contributed by atoms with E-state index in [1.165, 1.54) is 6.07 Å². The van der Waals surface area contributed by atoms with E-state index in [2.05, 4.69) is 26.2 Å². The summed E-state index contributed by atoms with van der Waals surface area (Å²) in [7, 11) is 0. The molecule has 1 unspecified atom stereocenters. The molecule has 0 spiro atoms. The number of hydrogen-bond donors (Lipinski definition) is 2. The summed E-state index contributed by atoms with van der Waals surface area (Å²) in [6.07, 6.45) is 0. The SMILES string of the molecule is NC1=NCC(c2cccc(F)c2Br)N1. The van der Waals surface area contributed by atoms with E-state index in [1.54, 1.807) is 6.07 Å². The number of guanidine groups is 1. The number of nitrogens with two attached hydrogens (primary N) is 1. The zero-order chi connectivity index (χ0) is 10.1. The molecule has 1 aliphatic heterocycles. The molecule has 0 fully saturated rings. The molecule has 74 valence electrons. The third-order valence-corrected chi connectivity index (χ3v) is 2.96. The summed E-state index contributed by atoms with van der Waals surface area (Å²) in [5, 5.41) is 2.97. The van der Waals surface area contributed by atoms with Gasteiger partial charge < -0.3 is 11.1 Å². The normalized spacial score (nSPS) is 20.4. The lowest BCUT2D eigenvalue weighted by atomic mass is 10.1. The minimum atomic E-state index is -0.269. The van der Waals surface area contributed by atoms with E-state index in [-0.39, 0.29) is 11.9 Å². The molecule has 1 atom stereocenters. The zero-order valence-corrected chi connectivity index (χ0v) is 8.88. The van der Waals surface area contributed by atoms with Crippen molar-refractivity contribution in [2.45, 2.75) is 6.04 Å². The van der Waals surface area contributed by atoms with Crippen LogP contribution in [0.5, 0.6) is 0 Å². The molecule has 0 aliphatic carbocycles. The first-order valence-electron chi connectivity index (χ1n) is 4.19. The minimum Gasteiger partial charge on any atom is -0.370 e. The highest BCUT2D eigenvalue weighted by Crippen LogP contribution is 2.27. The molecular formula is C9H9BrFN3. The highest BCUT2D eigenvalue weighted by Gasteiger charge is 2.20. The largest absolute Gasteiger partial charge is 0.370 e. The first-order chi connectivity index (χ1) is 6.68. The van der Waals surface area contributed by atoms with Crippen molar-refractivity contribution in [2.24, 2.45) is 10.7 Å². The molecule has 0 amide bonds. The van der Waals surface area contributed by atoms with Crippen molar-refractivity contribution in [1.29, 1.82) is 0 Å². The number of rotatable bonds is 1. The summed E-state index contributed by atoms with van der Waals surface area (Å²) in [5.41, 5.74) is 6.32. The maximum atomic E-state index is 13.2. The van der Waals surface area contributed by atoms with Gasteiger partial charge in [0.25, 0.3) is 0 Å². The molecule has 5 heteroatoms. The lowest BCUT2D eigenvalue weighted by Gasteiger charge is -2.12. The van der Waals surface area contributed by atoms with Crippen LogP contribution in [0.15, 0.2) is 27.7 Å². The molecule has 1 heterocycles. The van der Waals surface area contributed by atoms with E-state index < -0.39 is 0 Å². The molecule has 1 aromatic rings. The molecule has 0 saturated heterocycles. The van der Waals surface area contributed by atoms with E-state index in [0.717, 1.165) is 5.56 Å². The molecule has 14 heavy (non-hydrogen) atoms. The van der Waals surface area contributed by atoms with E-state index >= 15 is 0 Å². The fourth-order valence-corrected chi connectivity index (χ4v) is 1.97. The van der Waals surface area contributed by atoms with Crippen molar-refractivity contribution in [1.82, 2.24) is 5.32 Å². The standard InChI is InChI=1S/C9H9BrFN3/c10-8-5(2-1-3-6(8)11)7-4-13-9(12)14-7/h1-3,7H,4H2,(H3,12,13,14). The van der Waals surface area contributed by atoms with Gasteiger partial charge in [-0.25, -0.2) is 4.39 Å². The van der Waals surface area contributed by atoms with Crippen molar-refractivity contribution in [3.63, 3.8) is 0 Å². The lowest BCUT2D eigenvalue weighted by Crippen LogP contribution is -2.29. The zero-order valence-electron chi connectivity index (χ0n) is 7.30. The van der Waals surface area contributed by atoms with Gasteiger partial charge in [0.1, 0.15) is 5.82 Å². The summed E-state index contributed by atoms with van der Waals surface area (Å²) in [6.45, 7) is 0.549. The number of aliphatic imine (C=N–C) groups is 1.